The summed E-state index contributed by atoms with van der Waals surface area (Å²) in [6.07, 6.45) is 2.49. The fourth-order valence-corrected chi connectivity index (χ4v) is 2.94. The Morgan fingerprint density at radius 1 is 1.17 bits per heavy atom. The molecule has 0 saturated carbocycles. The van der Waals surface area contributed by atoms with Crippen LogP contribution in [0.2, 0.25) is 0 Å². The monoisotopic (exact) mass is 326 g/mol. The molecule has 0 unspecified atom stereocenters. The van der Waals surface area contributed by atoms with Crippen molar-refractivity contribution >= 4 is 22.5 Å². The van der Waals surface area contributed by atoms with Gasteiger partial charge in [0.1, 0.15) is 5.75 Å². The zero-order chi connectivity index (χ0) is 16.1. The Bertz CT molecular complexity index is 861. The molecule has 0 radical (unpaired) electrons. The Hall–Kier alpha value is -2.27. The number of aryl methyl sites for hydroxylation is 1. The summed E-state index contributed by atoms with van der Waals surface area (Å²) in [7, 11) is 0. The summed E-state index contributed by atoms with van der Waals surface area (Å²) >= 11 is 1.53. The van der Waals surface area contributed by atoms with Crippen molar-refractivity contribution in [1.82, 2.24) is 9.97 Å². The van der Waals surface area contributed by atoms with Gasteiger partial charge in [-0.2, -0.15) is 0 Å². The van der Waals surface area contributed by atoms with Crippen LogP contribution in [0.1, 0.15) is 12.0 Å². The van der Waals surface area contributed by atoms with Crippen LogP contribution in [0.4, 0.5) is 0 Å². The molecule has 0 spiro atoms. The molecule has 118 valence electrons. The maximum absolute atomic E-state index is 11.5. The van der Waals surface area contributed by atoms with Crippen molar-refractivity contribution in [2.75, 3.05) is 12.4 Å². The second kappa shape index (κ2) is 7.33. The third-order valence-corrected chi connectivity index (χ3v) is 4.44. The molecule has 3 aromatic rings. The lowest BCUT2D eigenvalue weighted by Gasteiger charge is -2.07. The van der Waals surface area contributed by atoms with Crippen molar-refractivity contribution < 1.29 is 4.74 Å². The SMILES string of the molecule is Cc1cnc(SCCCOc2ccc3ccccc3c2)[nH]c1=O. The van der Waals surface area contributed by atoms with Gasteiger partial charge in [0.25, 0.3) is 5.56 Å². The first kappa shape index (κ1) is 15.6. The second-order valence-corrected chi connectivity index (χ2v) is 6.34. The number of aromatic nitrogens is 2. The molecule has 0 aliphatic carbocycles. The maximum Gasteiger partial charge on any atom is 0.254 e. The molecule has 0 atom stereocenters. The van der Waals surface area contributed by atoms with E-state index in [1.165, 1.54) is 22.5 Å². The molecule has 5 heteroatoms. The van der Waals surface area contributed by atoms with Gasteiger partial charge in [-0.1, -0.05) is 42.1 Å². The van der Waals surface area contributed by atoms with E-state index in [4.69, 9.17) is 4.74 Å². The first-order valence-corrected chi connectivity index (χ1v) is 8.51. The minimum atomic E-state index is -0.0742. The molecule has 0 aliphatic rings. The Morgan fingerprint density at radius 3 is 2.83 bits per heavy atom. The summed E-state index contributed by atoms with van der Waals surface area (Å²) in [5.41, 5.74) is 0.559. The molecule has 1 heterocycles. The fourth-order valence-electron chi connectivity index (χ4n) is 2.19. The van der Waals surface area contributed by atoms with Crippen molar-refractivity contribution in [3.63, 3.8) is 0 Å². The second-order valence-electron chi connectivity index (χ2n) is 5.26. The van der Waals surface area contributed by atoms with Gasteiger partial charge in [0, 0.05) is 17.5 Å². The summed E-state index contributed by atoms with van der Waals surface area (Å²) in [6.45, 7) is 2.39. The minimum absolute atomic E-state index is 0.0742. The van der Waals surface area contributed by atoms with Crippen LogP contribution < -0.4 is 10.3 Å². The highest BCUT2D eigenvalue weighted by molar-refractivity contribution is 7.99. The quantitative estimate of drug-likeness (QED) is 0.425. The Kier molecular flexibility index (Phi) is 4.98. The summed E-state index contributed by atoms with van der Waals surface area (Å²) in [6, 6.07) is 14.3. The lowest BCUT2D eigenvalue weighted by atomic mass is 10.1. The number of hydrogen-bond donors (Lipinski definition) is 1. The van der Waals surface area contributed by atoms with Gasteiger partial charge in [0.15, 0.2) is 5.16 Å². The molecule has 23 heavy (non-hydrogen) atoms. The van der Waals surface area contributed by atoms with Crippen LogP contribution in [0, 0.1) is 6.92 Å². The summed E-state index contributed by atoms with van der Waals surface area (Å²) in [5.74, 6) is 1.73. The maximum atomic E-state index is 11.5. The lowest BCUT2D eigenvalue weighted by Crippen LogP contribution is -2.11. The molecule has 1 N–H and O–H groups in total. The molecule has 4 nitrogen and oxygen atoms in total. The highest BCUT2D eigenvalue weighted by Crippen LogP contribution is 2.21. The number of aromatic amines is 1. The van der Waals surface area contributed by atoms with Crippen molar-refractivity contribution in [1.29, 1.82) is 0 Å². The highest BCUT2D eigenvalue weighted by Gasteiger charge is 2.00. The first-order valence-electron chi connectivity index (χ1n) is 7.53. The fraction of sp³-hybridized carbons (Fsp3) is 0.222. The van der Waals surface area contributed by atoms with E-state index in [0.29, 0.717) is 17.3 Å². The van der Waals surface area contributed by atoms with Crippen molar-refractivity contribution in [3.05, 3.63) is 64.6 Å². The van der Waals surface area contributed by atoms with Crippen LogP contribution in [-0.4, -0.2) is 22.3 Å². The summed E-state index contributed by atoms with van der Waals surface area (Å²) in [4.78, 5) is 18.4. The Morgan fingerprint density at radius 2 is 2.00 bits per heavy atom. The largest absolute Gasteiger partial charge is 0.494 e. The predicted molar refractivity (Wildman–Crippen MR) is 94.4 cm³/mol. The molecular weight excluding hydrogens is 308 g/mol. The molecule has 0 fully saturated rings. The average molecular weight is 326 g/mol. The van der Waals surface area contributed by atoms with Crippen molar-refractivity contribution in [2.24, 2.45) is 0 Å². The molecule has 0 bridgehead atoms. The van der Waals surface area contributed by atoms with Crippen LogP contribution >= 0.6 is 11.8 Å². The van der Waals surface area contributed by atoms with Gasteiger partial charge in [-0.25, -0.2) is 4.98 Å². The number of benzene rings is 2. The smallest absolute Gasteiger partial charge is 0.254 e. The van der Waals surface area contributed by atoms with E-state index in [1.807, 2.05) is 18.2 Å². The van der Waals surface area contributed by atoms with E-state index in [-0.39, 0.29) is 5.56 Å². The van der Waals surface area contributed by atoms with E-state index in [1.54, 1.807) is 13.1 Å². The van der Waals surface area contributed by atoms with Gasteiger partial charge >= 0.3 is 0 Å². The van der Waals surface area contributed by atoms with E-state index >= 15 is 0 Å². The van der Waals surface area contributed by atoms with Gasteiger partial charge < -0.3 is 9.72 Å². The van der Waals surface area contributed by atoms with Crippen molar-refractivity contribution in [2.45, 2.75) is 18.5 Å². The minimum Gasteiger partial charge on any atom is -0.494 e. The highest BCUT2D eigenvalue weighted by atomic mass is 32.2. The molecule has 3 rings (SSSR count). The third-order valence-electron chi connectivity index (χ3n) is 3.47. The molecule has 2 aromatic carbocycles. The average Bonchev–Trinajstić information content (AvgIpc) is 2.57. The number of rotatable bonds is 6. The standard InChI is InChI=1S/C18H18N2O2S/c1-13-12-19-18(20-17(13)21)23-10-4-9-22-16-8-7-14-5-2-3-6-15(14)11-16/h2-3,5-8,11-12H,4,9-10H2,1H3,(H,19,20,21). The molecule has 0 aliphatic heterocycles. The molecule has 1 aromatic heterocycles. The van der Waals surface area contributed by atoms with E-state index in [2.05, 4.69) is 34.2 Å². The molecule has 0 amide bonds. The third kappa shape index (κ3) is 4.13. The van der Waals surface area contributed by atoms with Gasteiger partial charge in [-0.05, 0) is 36.2 Å². The number of ether oxygens (including phenoxy) is 1. The molecular formula is C18H18N2O2S. The topological polar surface area (TPSA) is 55.0 Å². The lowest BCUT2D eigenvalue weighted by molar-refractivity contribution is 0.319. The van der Waals surface area contributed by atoms with Crippen LogP contribution in [0.3, 0.4) is 0 Å². The number of nitrogens with zero attached hydrogens (tertiary/aromatic N) is 1. The zero-order valence-corrected chi connectivity index (χ0v) is 13.7. The normalized spacial score (nSPS) is 10.8. The number of nitrogens with one attached hydrogen (secondary N) is 1. The molecule has 0 saturated heterocycles. The van der Waals surface area contributed by atoms with Gasteiger partial charge in [-0.15, -0.1) is 0 Å². The van der Waals surface area contributed by atoms with Gasteiger partial charge in [-0.3, -0.25) is 4.79 Å². The number of fused-ring (bicyclic) bond motifs is 1. The van der Waals surface area contributed by atoms with Gasteiger partial charge in [0.2, 0.25) is 0 Å². The summed E-state index contributed by atoms with van der Waals surface area (Å²) in [5, 5.41) is 3.05. The van der Waals surface area contributed by atoms with Crippen LogP contribution in [0.15, 0.2) is 58.6 Å². The summed E-state index contributed by atoms with van der Waals surface area (Å²) < 4.78 is 5.79. The van der Waals surface area contributed by atoms with Crippen LogP contribution in [0.25, 0.3) is 10.8 Å². The first-order chi connectivity index (χ1) is 11.2. The van der Waals surface area contributed by atoms with Gasteiger partial charge in [0.05, 0.1) is 6.61 Å². The Labute approximate surface area is 138 Å². The van der Waals surface area contributed by atoms with Crippen LogP contribution in [-0.2, 0) is 0 Å². The van der Waals surface area contributed by atoms with Crippen molar-refractivity contribution in [3.8, 4) is 5.75 Å². The predicted octanol–water partition coefficient (Wildman–Crippen LogP) is 3.79. The number of thioether (sulfide) groups is 1. The van der Waals surface area contributed by atoms with E-state index in [9.17, 15) is 4.79 Å². The van der Waals surface area contributed by atoms with E-state index < -0.39 is 0 Å². The zero-order valence-electron chi connectivity index (χ0n) is 12.9. The van der Waals surface area contributed by atoms with Crippen LogP contribution in [0.5, 0.6) is 5.75 Å². The van der Waals surface area contributed by atoms with E-state index in [0.717, 1.165) is 17.9 Å². The Balaban J connectivity index is 1.47. The number of hydrogen-bond acceptors (Lipinski definition) is 4. The number of H-pyrrole nitrogens is 1.